The Morgan fingerprint density at radius 2 is 1.93 bits per heavy atom. The van der Waals surface area contributed by atoms with Gasteiger partial charge in [-0.05, 0) is 54.8 Å². The number of alkyl halides is 3. The molecule has 1 atom stereocenters. The highest BCUT2D eigenvalue weighted by Crippen LogP contribution is 2.35. The largest absolute Gasteiger partial charge is 0.573 e. The Kier molecular flexibility index (Phi) is 5.81. The lowest BCUT2D eigenvalue weighted by Gasteiger charge is -2.15. The van der Waals surface area contributed by atoms with Gasteiger partial charge in [0.2, 0.25) is 0 Å². The van der Waals surface area contributed by atoms with Crippen molar-refractivity contribution in [2.75, 3.05) is 14.1 Å². The summed E-state index contributed by atoms with van der Waals surface area (Å²) in [4.78, 5) is 11.9. The zero-order chi connectivity index (χ0) is 21.2. The summed E-state index contributed by atoms with van der Waals surface area (Å²) in [7, 11) is 3.81. The van der Waals surface area contributed by atoms with Crippen LogP contribution in [0.25, 0.3) is 0 Å². The molecule has 0 aliphatic carbocycles. The van der Waals surface area contributed by atoms with Crippen LogP contribution in [0.5, 0.6) is 5.75 Å². The molecule has 0 N–H and O–H groups in total. The first-order valence-electron chi connectivity index (χ1n) is 9.03. The van der Waals surface area contributed by atoms with Crippen molar-refractivity contribution in [3.8, 4) is 5.75 Å². The van der Waals surface area contributed by atoms with Gasteiger partial charge in [0.1, 0.15) is 5.75 Å². The minimum atomic E-state index is -4.74. The van der Waals surface area contributed by atoms with Crippen LogP contribution in [0.4, 0.5) is 18.9 Å². The Labute approximate surface area is 167 Å². The molecule has 3 rings (SSSR count). The molecule has 1 unspecified atom stereocenters. The number of nitrogens with zero attached hydrogens (tertiary/aromatic N) is 3. The number of ether oxygens (including phenoxy) is 1. The van der Waals surface area contributed by atoms with Crippen molar-refractivity contribution in [3.05, 3.63) is 58.7 Å². The molecule has 0 aromatic heterocycles. The molecule has 8 heteroatoms. The standard InChI is InChI=1S/C21H22F3N3O2/c1-13-9-18(25-12-27(3)4)14(2)8-17(13)20-11-19(26-29-20)15-6-5-7-16(10-15)28-21(22,23)24/h5-10,12,20H,11H2,1-4H3. The summed E-state index contributed by atoms with van der Waals surface area (Å²) in [6.07, 6.45) is -2.84. The molecule has 0 amide bonds. The SMILES string of the molecule is Cc1cc(C2CC(c3cccc(OC(F)(F)F)c3)=NO2)c(C)cc1N=CN(C)C. The third-order valence-electron chi connectivity index (χ3n) is 4.43. The second-order valence-corrected chi connectivity index (χ2v) is 7.12. The zero-order valence-corrected chi connectivity index (χ0v) is 16.6. The second kappa shape index (κ2) is 8.14. The fourth-order valence-corrected chi connectivity index (χ4v) is 3.07. The van der Waals surface area contributed by atoms with Gasteiger partial charge in [0.05, 0.1) is 17.7 Å². The lowest BCUT2D eigenvalue weighted by molar-refractivity contribution is -0.274. The van der Waals surface area contributed by atoms with E-state index in [-0.39, 0.29) is 11.9 Å². The quantitative estimate of drug-likeness (QED) is 0.502. The van der Waals surface area contributed by atoms with Crippen LogP contribution in [0.3, 0.4) is 0 Å². The molecule has 1 aliphatic heterocycles. The molecular weight excluding hydrogens is 383 g/mol. The summed E-state index contributed by atoms with van der Waals surface area (Å²) in [5.41, 5.74) is 4.98. The molecule has 0 radical (unpaired) electrons. The number of benzene rings is 2. The Hall–Kier alpha value is -3.03. The number of aryl methyl sites for hydroxylation is 2. The van der Waals surface area contributed by atoms with Crippen molar-refractivity contribution in [2.45, 2.75) is 32.7 Å². The number of rotatable bonds is 5. The van der Waals surface area contributed by atoms with Crippen molar-refractivity contribution >= 4 is 17.7 Å². The van der Waals surface area contributed by atoms with Gasteiger partial charge in [0.15, 0.2) is 6.10 Å². The van der Waals surface area contributed by atoms with Crippen molar-refractivity contribution in [2.24, 2.45) is 10.1 Å². The van der Waals surface area contributed by atoms with Gasteiger partial charge in [0.25, 0.3) is 0 Å². The maximum absolute atomic E-state index is 12.5. The van der Waals surface area contributed by atoms with Gasteiger partial charge in [-0.25, -0.2) is 4.99 Å². The highest BCUT2D eigenvalue weighted by atomic mass is 19.4. The van der Waals surface area contributed by atoms with Crippen molar-refractivity contribution in [3.63, 3.8) is 0 Å². The maximum atomic E-state index is 12.5. The van der Waals surface area contributed by atoms with E-state index in [0.29, 0.717) is 17.7 Å². The van der Waals surface area contributed by atoms with E-state index < -0.39 is 6.36 Å². The minimum absolute atomic E-state index is 0.281. The van der Waals surface area contributed by atoms with Crippen LogP contribution in [-0.2, 0) is 4.84 Å². The first-order valence-corrected chi connectivity index (χ1v) is 9.03. The average Bonchev–Trinajstić information content (AvgIpc) is 3.10. The monoisotopic (exact) mass is 405 g/mol. The molecule has 0 saturated heterocycles. The molecule has 154 valence electrons. The van der Waals surface area contributed by atoms with Gasteiger partial charge >= 0.3 is 6.36 Å². The first-order chi connectivity index (χ1) is 13.6. The first kappa shape index (κ1) is 20.7. The summed E-state index contributed by atoms with van der Waals surface area (Å²) in [6, 6.07) is 9.76. The molecule has 0 fully saturated rings. The van der Waals surface area contributed by atoms with Crippen LogP contribution in [0, 0.1) is 13.8 Å². The number of hydrogen-bond acceptors (Lipinski definition) is 4. The van der Waals surface area contributed by atoms with Crippen LogP contribution in [-0.4, -0.2) is 37.4 Å². The number of halogens is 3. The van der Waals surface area contributed by atoms with Crippen LogP contribution in [0.2, 0.25) is 0 Å². The van der Waals surface area contributed by atoms with E-state index in [1.165, 1.54) is 18.2 Å². The Morgan fingerprint density at radius 3 is 2.62 bits per heavy atom. The van der Waals surface area contributed by atoms with Crippen LogP contribution in [0.15, 0.2) is 46.5 Å². The predicted molar refractivity (Wildman–Crippen MR) is 106 cm³/mol. The van der Waals surface area contributed by atoms with Crippen molar-refractivity contribution in [1.29, 1.82) is 0 Å². The smallest absolute Gasteiger partial charge is 0.406 e. The molecule has 0 saturated carbocycles. The summed E-state index contributed by atoms with van der Waals surface area (Å²) >= 11 is 0. The summed E-state index contributed by atoms with van der Waals surface area (Å²) in [6.45, 7) is 3.95. The Morgan fingerprint density at radius 1 is 1.17 bits per heavy atom. The van der Waals surface area contributed by atoms with E-state index in [2.05, 4.69) is 14.9 Å². The van der Waals surface area contributed by atoms with E-state index in [0.717, 1.165) is 22.4 Å². The van der Waals surface area contributed by atoms with Gasteiger partial charge in [-0.1, -0.05) is 17.3 Å². The third kappa shape index (κ3) is 5.28. The molecule has 29 heavy (non-hydrogen) atoms. The average molecular weight is 405 g/mol. The normalized spacial score (nSPS) is 16.7. The van der Waals surface area contributed by atoms with Gasteiger partial charge in [-0.15, -0.1) is 13.2 Å². The summed E-state index contributed by atoms with van der Waals surface area (Å²) in [5.74, 6) is -0.281. The topological polar surface area (TPSA) is 46.4 Å². The summed E-state index contributed by atoms with van der Waals surface area (Å²) < 4.78 is 41.4. The van der Waals surface area contributed by atoms with E-state index in [1.807, 2.05) is 45.0 Å². The molecule has 0 bridgehead atoms. The van der Waals surface area contributed by atoms with Crippen LogP contribution >= 0.6 is 0 Å². The van der Waals surface area contributed by atoms with Crippen molar-refractivity contribution < 1.29 is 22.7 Å². The molecule has 2 aromatic rings. The molecule has 1 heterocycles. The molecular formula is C21H22F3N3O2. The van der Waals surface area contributed by atoms with Gasteiger partial charge in [-0.3, -0.25) is 0 Å². The molecule has 0 spiro atoms. The van der Waals surface area contributed by atoms with Gasteiger partial charge in [-0.2, -0.15) is 0 Å². The zero-order valence-electron chi connectivity index (χ0n) is 16.6. The minimum Gasteiger partial charge on any atom is -0.406 e. The van der Waals surface area contributed by atoms with E-state index >= 15 is 0 Å². The Balaban J connectivity index is 1.77. The molecule has 2 aromatic carbocycles. The Bertz CT molecular complexity index is 953. The number of hydrogen-bond donors (Lipinski definition) is 0. The fraction of sp³-hybridized carbons (Fsp3) is 0.333. The predicted octanol–water partition coefficient (Wildman–Crippen LogP) is 5.29. The van der Waals surface area contributed by atoms with Gasteiger partial charge in [0, 0.05) is 26.1 Å². The van der Waals surface area contributed by atoms with Crippen LogP contribution in [0.1, 0.15) is 34.8 Å². The van der Waals surface area contributed by atoms with E-state index in [9.17, 15) is 13.2 Å². The highest BCUT2D eigenvalue weighted by Gasteiger charge is 2.32. The highest BCUT2D eigenvalue weighted by molar-refractivity contribution is 6.01. The van der Waals surface area contributed by atoms with E-state index in [4.69, 9.17) is 4.84 Å². The van der Waals surface area contributed by atoms with Gasteiger partial charge < -0.3 is 14.5 Å². The van der Waals surface area contributed by atoms with E-state index in [1.54, 1.807) is 12.4 Å². The maximum Gasteiger partial charge on any atom is 0.573 e. The second-order valence-electron chi connectivity index (χ2n) is 7.12. The lowest BCUT2D eigenvalue weighted by atomic mass is 9.95. The molecule has 1 aliphatic rings. The van der Waals surface area contributed by atoms with Crippen LogP contribution < -0.4 is 4.74 Å². The molecule has 5 nitrogen and oxygen atoms in total. The third-order valence-corrected chi connectivity index (χ3v) is 4.43. The fourth-order valence-electron chi connectivity index (χ4n) is 3.07. The van der Waals surface area contributed by atoms with Crippen molar-refractivity contribution in [1.82, 2.24) is 4.90 Å². The number of aliphatic imine (C=N–C) groups is 1. The number of oxime groups is 1. The summed E-state index contributed by atoms with van der Waals surface area (Å²) in [5, 5.41) is 4.10. The lowest BCUT2D eigenvalue weighted by Crippen LogP contribution is -2.17.